The van der Waals surface area contributed by atoms with E-state index in [9.17, 15) is 14.4 Å². The van der Waals surface area contributed by atoms with Crippen LogP contribution in [0.4, 0.5) is 11.4 Å². The highest BCUT2D eigenvalue weighted by Gasteiger charge is 2.15. The van der Waals surface area contributed by atoms with Crippen molar-refractivity contribution in [3.63, 3.8) is 0 Å². The van der Waals surface area contributed by atoms with Crippen LogP contribution in [-0.2, 0) is 9.59 Å². The Bertz CT molecular complexity index is 1550. The fraction of sp³-hybridized carbons (Fsp3) is 0.0938. The van der Waals surface area contributed by atoms with E-state index in [0.717, 1.165) is 21.7 Å². The number of hydrogen-bond acceptors (Lipinski definition) is 4. The lowest BCUT2D eigenvalue weighted by Gasteiger charge is -2.12. The van der Waals surface area contributed by atoms with Crippen molar-refractivity contribution >= 4 is 58.5 Å². The number of aryl methyl sites for hydroxylation is 2. The van der Waals surface area contributed by atoms with Gasteiger partial charge in [0.25, 0.3) is 11.8 Å². The second kappa shape index (κ2) is 13.6. The maximum atomic E-state index is 13.3. The lowest BCUT2D eigenvalue weighted by molar-refractivity contribution is -0.114. The minimum absolute atomic E-state index is 0.0714. The number of halogens is 1. The maximum Gasteiger partial charge on any atom is 0.272 e. The highest BCUT2D eigenvalue weighted by atomic mass is 35.5. The number of thioether (sulfide) groups is 1. The first kappa shape index (κ1) is 28.7. The predicted octanol–water partition coefficient (Wildman–Crippen LogP) is 7.10. The van der Waals surface area contributed by atoms with Crippen molar-refractivity contribution in [2.75, 3.05) is 16.4 Å². The average Bonchev–Trinajstić information content (AvgIpc) is 2.95. The van der Waals surface area contributed by atoms with E-state index in [4.69, 9.17) is 11.6 Å². The summed E-state index contributed by atoms with van der Waals surface area (Å²) in [4.78, 5) is 39.5. The van der Waals surface area contributed by atoms with Gasteiger partial charge in [-0.05, 0) is 85.1 Å². The van der Waals surface area contributed by atoms with Gasteiger partial charge in [0, 0.05) is 26.9 Å². The molecule has 0 heterocycles. The Morgan fingerprint density at radius 3 is 2.33 bits per heavy atom. The number of amides is 3. The summed E-state index contributed by atoms with van der Waals surface area (Å²) in [5.41, 5.74) is 4.58. The van der Waals surface area contributed by atoms with Gasteiger partial charge in [0.05, 0.1) is 5.75 Å². The summed E-state index contributed by atoms with van der Waals surface area (Å²) in [7, 11) is 0. The van der Waals surface area contributed by atoms with Crippen LogP contribution < -0.4 is 16.0 Å². The van der Waals surface area contributed by atoms with Crippen LogP contribution in [0.15, 0.2) is 108 Å². The van der Waals surface area contributed by atoms with Gasteiger partial charge >= 0.3 is 0 Å². The molecule has 0 spiro atoms. The van der Waals surface area contributed by atoms with Crippen molar-refractivity contribution in [3.05, 3.63) is 130 Å². The van der Waals surface area contributed by atoms with Crippen LogP contribution in [0.5, 0.6) is 0 Å². The molecule has 8 heteroatoms. The van der Waals surface area contributed by atoms with Crippen molar-refractivity contribution in [1.82, 2.24) is 5.32 Å². The van der Waals surface area contributed by atoms with Gasteiger partial charge in [-0.3, -0.25) is 14.4 Å². The molecule has 6 nitrogen and oxygen atoms in total. The molecule has 4 aromatic carbocycles. The van der Waals surface area contributed by atoms with Crippen LogP contribution in [0.3, 0.4) is 0 Å². The van der Waals surface area contributed by atoms with Gasteiger partial charge in [-0.1, -0.05) is 60.1 Å². The summed E-state index contributed by atoms with van der Waals surface area (Å²) in [6.07, 6.45) is 1.59. The first-order valence-electron chi connectivity index (χ1n) is 12.5. The van der Waals surface area contributed by atoms with Crippen molar-refractivity contribution in [2.24, 2.45) is 0 Å². The monoisotopic (exact) mass is 569 g/mol. The van der Waals surface area contributed by atoms with Crippen molar-refractivity contribution in [2.45, 2.75) is 18.7 Å². The van der Waals surface area contributed by atoms with Crippen molar-refractivity contribution in [1.29, 1.82) is 0 Å². The third kappa shape index (κ3) is 8.33. The van der Waals surface area contributed by atoms with Gasteiger partial charge in [-0.15, -0.1) is 11.8 Å². The average molecular weight is 570 g/mol. The Morgan fingerprint density at radius 1 is 0.825 bits per heavy atom. The van der Waals surface area contributed by atoms with E-state index in [1.165, 1.54) is 11.8 Å². The van der Waals surface area contributed by atoms with Crippen molar-refractivity contribution < 1.29 is 14.4 Å². The standard InChI is InChI=1S/C32H28ClN3O3S/c1-21-11-12-22(2)28(17-21)35-30(37)20-40-27-10-6-9-26(19-27)34-32(39)29(18-23-13-15-25(33)16-14-23)36-31(38)24-7-4-3-5-8-24/h3-19H,20H2,1-2H3,(H,34,39)(H,35,37)(H,36,38)/b29-18-. The maximum absolute atomic E-state index is 13.3. The fourth-order valence-corrected chi connectivity index (χ4v) is 4.62. The number of nitrogens with one attached hydrogen (secondary N) is 3. The lowest BCUT2D eigenvalue weighted by atomic mass is 10.1. The van der Waals surface area contributed by atoms with Crippen LogP contribution in [0.25, 0.3) is 6.08 Å². The Kier molecular flexibility index (Phi) is 9.78. The molecular formula is C32H28ClN3O3S. The molecule has 0 aliphatic rings. The molecule has 0 unspecified atom stereocenters. The van der Waals surface area contributed by atoms with Crippen LogP contribution in [0.1, 0.15) is 27.0 Å². The van der Waals surface area contributed by atoms with Gasteiger partial charge < -0.3 is 16.0 Å². The Hall–Kier alpha value is -4.33. The number of hydrogen-bond donors (Lipinski definition) is 3. The summed E-state index contributed by atoms with van der Waals surface area (Å²) in [6, 6.07) is 28.7. The first-order valence-corrected chi connectivity index (χ1v) is 13.9. The second-order valence-corrected chi connectivity index (χ2v) is 10.6. The van der Waals surface area contributed by atoms with Gasteiger partial charge in [0.1, 0.15) is 5.70 Å². The lowest BCUT2D eigenvalue weighted by Crippen LogP contribution is -2.30. The van der Waals surface area contributed by atoms with Gasteiger partial charge in [0.15, 0.2) is 0 Å². The van der Waals surface area contributed by atoms with Gasteiger partial charge in [-0.2, -0.15) is 0 Å². The van der Waals surface area contributed by atoms with E-state index >= 15 is 0 Å². The summed E-state index contributed by atoms with van der Waals surface area (Å²) < 4.78 is 0. The zero-order chi connectivity index (χ0) is 28.5. The summed E-state index contributed by atoms with van der Waals surface area (Å²) >= 11 is 7.36. The fourth-order valence-electron chi connectivity index (χ4n) is 3.74. The molecule has 3 amide bonds. The largest absolute Gasteiger partial charge is 0.325 e. The Morgan fingerprint density at radius 2 is 1.57 bits per heavy atom. The number of carbonyl (C=O) groups excluding carboxylic acids is 3. The summed E-state index contributed by atoms with van der Waals surface area (Å²) in [5, 5.41) is 9.09. The quantitative estimate of drug-likeness (QED) is 0.148. The molecule has 4 aromatic rings. The number of anilines is 2. The second-order valence-electron chi connectivity index (χ2n) is 9.07. The molecule has 202 valence electrons. The van der Waals surface area contributed by atoms with Crippen molar-refractivity contribution in [3.8, 4) is 0 Å². The smallest absolute Gasteiger partial charge is 0.272 e. The van der Waals surface area contributed by atoms with Crippen LogP contribution in [-0.4, -0.2) is 23.5 Å². The van der Waals surface area contributed by atoms with Crippen LogP contribution in [0.2, 0.25) is 5.02 Å². The van der Waals surface area contributed by atoms with Gasteiger partial charge in [-0.25, -0.2) is 0 Å². The molecular weight excluding hydrogens is 542 g/mol. The normalized spacial score (nSPS) is 11.0. The zero-order valence-corrected chi connectivity index (χ0v) is 23.6. The minimum Gasteiger partial charge on any atom is -0.325 e. The van der Waals surface area contributed by atoms with E-state index < -0.39 is 11.8 Å². The molecule has 0 aliphatic heterocycles. The SMILES string of the molecule is Cc1ccc(C)c(NC(=O)CSc2cccc(NC(=O)/C(=C/c3ccc(Cl)cc3)NC(=O)c3ccccc3)c2)c1. The molecule has 4 rings (SSSR count). The van der Waals surface area contributed by atoms with Gasteiger partial charge in [0.2, 0.25) is 5.91 Å². The molecule has 0 fully saturated rings. The zero-order valence-electron chi connectivity index (χ0n) is 22.0. The number of rotatable bonds is 9. The number of benzene rings is 4. The highest BCUT2D eigenvalue weighted by Crippen LogP contribution is 2.23. The minimum atomic E-state index is -0.492. The Labute approximate surface area is 242 Å². The molecule has 0 atom stereocenters. The third-order valence-corrected chi connectivity index (χ3v) is 7.08. The molecule has 0 aromatic heterocycles. The molecule has 40 heavy (non-hydrogen) atoms. The Balaban J connectivity index is 1.45. The molecule has 0 bridgehead atoms. The molecule has 3 N–H and O–H groups in total. The summed E-state index contributed by atoms with van der Waals surface area (Å²) in [6.45, 7) is 3.93. The van der Waals surface area contributed by atoms with E-state index in [1.807, 2.05) is 44.2 Å². The van der Waals surface area contributed by atoms with E-state index in [0.29, 0.717) is 21.8 Å². The molecule has 0 saturated heterocycles. The van der Waals surface area contributed by atoms with E-state index in [-0.39, 0.29) is 17.4 Å². The highest BCUT2D eigenvalue weighted by molar-refractivity contribution is 8.00. The molecule has 0 aliphatic carbocycles. The van der Waals surface area contributed by atoms with Crippen LogP contribution in [0, 0.1) is 13.8 Å². The van der Waals surface area contributed by atoms with Crippen LogP contribution >= 0.6 is 23.4 Å². The van der Waals surface area contributed by atoms with E-state index in [1.54, 1.807) is 72.8 Å². The molecule has 0 saturated carbocycles. The molecule has 0 radical (unpaired) electrons. The predicted molar refractivity (Wildman–Crippen MR) is 164 cm³/mol. The third-order valence-electron chi connectivity index (χ3n) is 5.84. The van der Waals surface area contributed by atoms with E-state index in [2.05, 4.69) is 16.0 Å². The topological polar surface area (TPSA) is 87.3 Å². The first-order chi connectivity index (χ1) is 19.3. The summed E-state index contributed by atoms with van der Waals surface area (Å²) in [5.74, 6) is -0.811. The number of carbonyl (C=O) groups is 3.